The van der Waals surface area contributed by atoms with Gasteiger partial charge in [-0.15, -0.1) is 0 Å². The maximum absolute atomic E-state index is 10.5. The zero-order valence-electron chi connectivity index (χ0n) is 9.31. The average Bonchev–Trinajstić information content (AvgIpc) is 2.86. The molecule has 1 heterocycles. The number of benzene rings is 1. The Hall–Kier alpha value is -1.99. The molecule has 0 saturated heterocycles. The molecule has 1 unspecified atom stereocenters. The van der Waals surface area contributed by atoms with Crippen LogP contribution in [0.4, 0.5) is 10.1 Å². The summed E-state index contributed by atoms with van der Waals surface area (Å²) in [7, 11) is 0. The maximum atomic E-state index is 10.5. The van der Waals surface area contributed by atoms with Crippen LogP contribution in [0.15, 0.2) is 36.5 Å². The second-order valence-corrected chi connectivity index (χ2v) is 4.56. The highest BCUT2D eigenvalue weighted by molar-refractivity contribution is 7.18. The molecule has 0 aliphatic rings. The summed E-state index contributed by atoms with van der Waals surface area (Å²) in [6.07, 6.45) is 1.20. The molecular formula is C11H11N3O3S. The Labute approximate surface area is 107 Å². The number of aliphatic hydroxyl groups is 1. The predicted octanol–water partition coefficient (Wildman–Crippen LogP) is 2.20. The number of nitro groups is 1. The topological polar surface area (TPSA) is 88.3 Å². The third-order valence-corrected chi connectivity index (χ3v) is 3.24. The number of anilines is 1. The van der Waals surface area contributed by atoms with E-state index in [0.29, 0.717) is 5.13 Å². The molecule has 0 bridgehead atoms. The predicted molar refractivity (Wildman–Crippen MR) is 68.7 cm³/mol. The van der Waals surface area contributed by atoms with Gasteiger partial charge in [-0.25, -0.2) is 4.98 Å². The summed E-state index contributed by atoms with van der Waals surface area (Å²) in [4.78, 5) is 14.0. The van der Waals surface area contributed by atoms with Crippen LogP contribution in [-0.2, 0) is 0 Å². The smallest absolute Gasteiger partial charge is 0.345 e. The van der Waals surface area contributed by atoms with E-state index in [1.807, 2.05) is 30.3 Å². The summed E-state index contributed by atoms with van der Waals surface area (Å²) in [6.45, 7) is -0.114. The molecule has 2 N–H and O–H groups in total. The largest absolute Gasteiger partial charge is 0.394 e. The van der Waals surface area contributed by atoms with Gasteiger partial charge in [0, 0.05) is 0 Å². The molecule has 7 heteroatoms. The van der Waals surface area contributed by atoms with Gasteiger partial charge in [-0.1, -0.05) is 30.3 Å². The SMILES string of the molecule is O=[N+]([O-])c1cnc(NC(CO)c2ccccc2)s1. The molecule has 0 amide bonds. The van der Waals surface area contributed by atoms with Crippen LogP contribution in [0.1, 0.15) is 11.6 Å². The van der Waals surface area contributed by atoms with Gasteiger partial charge in [0.05, 0.1) is 17.6 Å². The lowest BCUT2D eigenvalue weighted by Crippen LogP contribution is -2.14. The van der Waals surface area contributed by atoms with E-state index in [2.05, 4.69) is 10.3 Å². The van der Waals surface area contributed by atoms with Crippen LogP contribution in [0.25, 0.3) is 0 Å². The Balaban J connectivity index is 2.13. The first-order valence-electron chi connectivity index (χ1n) is 5.23. The number of rotatable bonds is 5. The molecule has 6 nitrogen and oxygen atoms in total. The zero-order chi connectivity index (χ0) is 13.0. The van der Waals surface area contributed by atoms with Crippen molar-refractivity contribution in [1.29, 1.82) is 0 Å². The van der Waals surface area contributed by atoms with Crippen LogP contribution >= 0.6 is 11.3 Å². The van der Waals surface area contributed by atoms with E-state index >= 15 is 0 Å². The van der Waals surface area contributed by atoms with Crippen LogP contribution < -0.4 is 5.32 Å². The monoisotopic (exact) mass is 265 g/mol. The van der Waals surface area contributed by atoms with Crippen molar-refractivity contribution in [3.8, 4) is 0 Å². The van der Waals surface area contributed by atoms with Crippen LogP contribution in [0.3, 0.4) is 0 Å². The van der Waals surface area contributed by atoms with E-state index in [0.717, 1.165) is 16.9 Å². The number of thiazole rings is 1. The fraction of sp³-hybridized carbons (Fsp3) is 0.182. The number of nitrogens with zero attached hydrogens (tertiary/aromatic N) is 2. The first-order chi connectivity index (χ1) is 8.70. The number of nitrogens with one attached hydrogen (secondary N) is 1. The van der Waals surface area contributed by atoms with Crippen LogP contribution in [0.2, 0.25) is 0 Å². The molecule has 0 fully saturated rings. The van der Waals surface area contributed by atoms with E-state index in [-0.39, 0.29) is 17.6 Å². The Kier molecular flexibility index (Phi) is 3.85. The van der Waals surface area contributed by atoms with E-state index in [1.54, 1.807) is 0 Å². The molecule has 0 aliphatic carbocycles. The minimum Gasteiger partial charge on any atom is -0.394 e. The van der Waals surface area contributed by atoms with Gasteiger partial charge in [-0.2, -0.15) is 0 Å². The molecule has 2 rings (SSSR count). The van der Waals surface area contributed by atoms with Gasteiger partial charge in [0.15, 0.2) is 5.13 Å². The van der Waals surface area contributed by atoms with Gasteiger partial charge in [-0.05, 0) is 16.9 Å². The van der Waals surface area contributed by atoms with E-state index < -0.39 is 4.92 Å². The lowest BCUT2D eigenvalue weighted by Gasteiger charge is -2.15. The lowest BCUT2D eigenvalue weighted by atomic mass is 10.1. The zero-order valence-corrected chi connectivity index (χ0v) is 10.1. The minimum absolute atomic E-state index is 0.0257. The lowest BCUT2D eigenvalue weighted by molar-refractivity contribution is -0.380. The van der Waals surface area contributed by atoms with Gasteiger partial charge in [0.25, 0.3) is 0 Å². The molecule has 1 atom stereocenters. The number of hydrogen-bond acceptors (Lipinski definition) is 6. The molecule has 0 radical (unpaired) electrons. The second kappa shape index (κ2) is 5.56. The summed E-state index contributed by atoms with van der Waals surface area (Å²) in [5.41, 5.74) is 0.901. The van der Waals surface area contributed by atoms with Crippen molar-refractivity contribution in [2.24, 2.45) is 0 Å². The van der Waals surface area contributed by atoms with Crippen molar-refractivity contribution in [2.45, 2.75) is 6.04 Å². The van der Waals surface area contributed by atoms with E-state index in [4.69, 9.17) is 0 Å². The Morgan fingerprint density at radius 3 is 2.72 bits per heavy atom. The van der Waals surface area contributed by atoms with Gasteiger partial charge in [0.2, 0.25) is 0 Å². The first-order valence-corrected chi connectivity index (χ1v) is 6.05. The third-order valence-electron chi connectivity index (χ3n) is 2.36. The average molecular weight is 265 g/mol. The third kappa shape index (κ3) is 2.82. The van der Waals surface area contributed by atoms with Crippen molar-refractivity contribution in [3.63, 3.8) is 0 Å². The summed E-state index contributed by atoms with van der Waals surface area (Å²) in [5, 5.41) is 23.2. The number of aliphatic hydroxyl groups excluding tert-OH is 1. The van der Waals surface area contributed by atoms with Crippen molar-refractivity contribution >= 4 is 21.5 Å². The molecule has 2 aromatic rings. The van der Waals surface area contributed by atoms with Crippen LogP contribution in [-0.4, -0.2) is 21.6 Å². The molecule has 18 heavy (non-hydrogen) atoms. The molecule has 0 saturated carbocycles. The molecule has 0 aliphatic heterocycles. The Morgan fingerprint density at radius 2 is 2.17 bits per heavy atom. The second-order valence-electron chi connectivity index (χ2n) is 3.55. The minimum atomic E-state index is -0.487. The quantitative estimate of drug-likeness (QED) is 0.639. The van der Waals surface area contributed by atoms with Crippen LogP contribution in [0.5, 0.6) is 0 Å². The van der Waals surface area contributed by atoms with Gasteiger partial charge in [-0.3, -0.25) is 10.1 Å². The Bertz CT molecular complexity index is 529. The molecular weight excluding hydrogens is 254 g/mol. The fourth-order valence-electron chi connectivity index (χ4n) is 1.49. The fourth-order valence-corrected chi connectivity index (χ4v) is 2.17. The van der Waals surface area contributed by atoms with Crippen molar-refractivity contribution in [1.82, 2.24) is 4.98 Å². The summed E-state index contributed by atoms with van der Waals surface area (Å²) < 4.78 is 0. The highest BCUT2D eigenvalue weighted by Gasteiger charge is 2.15. The Morgan fingerprint density at radius 1 is 1.44 bits per heavy atom. The normalized spacial score (nSPS) is 12.1. The molecule has 94 valence electrons. The molecule has 1 aromatic heterocycles. The number of hydrogen-bond donors (Lipinski definition) is 2. The summed E-state index contributed by atoms with van der Waals surface area (Å²) in [6, 6.07) is 9.03. The first kappa shape index (κ1) is 12.5. The summed E-state index contributed by atoms with van der Waals surface area (Å²) >= 11 is 0.947. The number of aromatic nitrogens is 1. The van der Waals surface area contributed by atoms with Gasteiger partial charge in [0.1, 0.15) is 6.20 Å². The molecule has 0 spiro atoms. The van der Waals surface area contributed by atoms with Gasteiger partial charge >= 0.3 is 5.00 Å². The highest BCUT2D eigenvalue weighted by atomic mass is 32.1. The van der Waals surface area contributed by atoms with E-state index in [9.17, 15) is 15.2 Å². The summed E-state index contributed by atoms with van der Waals surface area (Å²) in [5.74, 6) is 0. The maximum Gasteiger partial charge on any atom is 0.345 e. The van der Waals surface area contributed by atoms with E-state index in [1.165, 1.54) is 6.20 Å². The van der Waals surface area contributed by atoms with Crippen molar-refractivity contribution in [3.05, 3.63) is 52.2 Å². The van der Waals surface area contributed by atoms with Crippen LogP contribution in [0, 0.1) is 10.1 Å². The highest BCUT2D eigenvalue weighted by Crippen LogP contribution is 2.28. The van der Waals surface area contributed by atoms with Crippen molar-refractivity contribution in [2.75, 3.05) is 11.9 Å². The van der Waals surface area contributed by atoms with Crippen molar-refractivity contribution < 1.29 is 10.0 Å². The molecule has 1 aromatic carbocycles. The standard InChI is InChI=1S/C11H11N3O3S/c15-7-9(8-4-2-1-3-5-8)13-11-12-6-10(18-11)14(16)17/h1-6,9,15H,7H2,(H,12,13). The van der Waals surface area contributed by atoms with Gasteiger partial charge < -0.3 is 10.4 Å².